The molecule has 0 saturated heterocycles. The fourth-order valence-corrected chi connectivity index (χ4v) is 2.07. The highest BCUT2D eigenvalue weighted by molar-refractivity contribution is 5.88. The van der Waals surface area contributed by atoms with E-state index >= 15 is 0 Å². The maximum Gasteiger partial charge on any atom is 0.333 e. The molecule has 2 atom stereocenters. The molecule has 5 nitrogen and oxygen atoms in total. The first-order valence-corrected chi connectivity index (χ1v) is 7.87. The van der Waals surface area contributed by atoms with Gasteiger partial charge in [-0.1, -0.05) is 40.7 Å². The van der Waals surface area contributed by atoms with Crippen LogP contribution in [-0.2, 0) is 14.3 Å². The summed E-state index contributed by atoms with van der Waals surface area (Å²) < 4.78 is 5.01. The summed E-state index contributed by atoms with van der Waals surface area (Å²) >= 11 is 0. The Hall–Kier alpha value is -1.36. The highest BCUT2D eigenvalue weighted by atomic mass is 16.5. The summed E-state index contributed by atoms with van der Waals surface area (Å²) in [4.78, 5) is 23.9. The SMILES string of the molecule is CCOC(=O)/C(C)=C/[C@@H](N[C@H](C(=O)NC)C(C)(C)C)C(C)C. The van der Waals surface area contributed by atoms with Gasteiger partial charge in [-0.25, -0.2) is 4.79 Å². The molecule has 2 N–H and O–H groups in total. The summed E-state index contributed by atoms with van der Waals surface area (Å²) in [6.45, 7) is 14.0. The highest BCUT2D eigenvalue weighted by Gasteiger charge is 2.32. The van der Waals surface area contributed by atoms with Crippen LogP contribution in [0.3, 0.4) is 0 Å². The van der Waals surface area contributed by atoms with Crippen molar-refractivity contribution < 1.29 is 14.3 Å². The summed E-state index contributed by atoms with van der Waals surface area (Å²) in [5.41, 5.74) is 0.316. The van der Waals surface area contributed by atoms with Crippen LogP contribution in [0.1, 0.15) is 48.5 Å². The van der Waals surface area contributed by atoms with Gasteiger partial charge in [0.05, 0.1) is 12.6 Å². The van der Waals surface area contributed by atoms with E-state index in [0.717, 1.165) is 0 Å². The van der Waals surface area contributed by atoms with Crippen molar-refractivity contribution in [3.8, 4) is 0 Å². The number of amides is 1. The standard InChI is InChI=1S/C17H32N2O3/c1-9-22-16(21)12(4)10-13(11(2)3)19-14(15(20)18-8)17(5,6)7/h10-11,13-14,19H,9H2,1-8H3,(H,18,20)/b12-10+/t13-,14-/m1/s1. The van der Waals surface area contributed by atoms with Crippen LogP contribution >= 0.6 is 0 Å². The average molecular weight is 312 g/mol. The zero-order chi connectivity index (χ0) is 17.5. The van der Waals surface area contributed by atoms with Crippen molar-refractivity contribution in [3.05, 3.63) is 11.6 Å². The number of carbonyl (C=O) groups is 2. The molecule has 22 heavy (non-hydrogen) atoms. The molecule has 5 heteroatoms. The van der Waals surface area contributed by atoms with E-state index in [4.69, 9.17) is 4.74 Å². The van der Waals surface area contributed by atoms with Crippen LogP contribution in [0.2, 0.25) is 0 Å². The van der Waals surface area contributed by atoms with Gasteiger partial charge in [-0.3, -0.25) is 10.1 Å². The van der Waals surface area contributed by atoms with Gasteiger partial charge >= 0.3 is 5.97 Å². The molecule has 0 radical (unpaired) electrons. The Bertz CT molecular complexity index is 409. The Balaban J connectivity index is 5.29. The van der Waals surface area contributed by atoms with Gasteiger partial charge < -0.3 is 10.1 Å². The predicted molar refractivity (Wildman–Crippen MR) is 89.5 cm³/mol. The monoisotopic (exact) mass is 312 g/mol. The van der Waals surface area contributed by atoms with Crippen molar-refractivity contribution in [2.75, 3.05) is 13.7 Å². The minimum absolute atomic E-state index is 0.0552. The zero-order valence-corrected chi connectivity index (χ0v) is 15.2. The molecular formula is C17H32N2O3. The lowest BCUT2D eigenvalue weighted by Crippen LogP contribution is -2.55. The fraction of sp³-hybridized carbons (Fsp3) is 0.765. The van der Waals surface area contributed by atoms with E-state index < -0.39 is 0 Å². The molecule has 0 aliphatic rings. The average Bonchev–Trinajstić information content (AvgIpc) is 2.40. The van der Waals surface area contributed by atoms with E-state index in [9.17, 15) is 9.59 Å². The number of nitrogens with one attached hydrogen (secondary N) is 2. The molecule has 0 aliphatic carbocycles. The third-order valence-corrected chi connectivity index (χ3v) is 3.48. The van der Waals surface area contributed by atoms with Gasteiger partial charge in [0.25, 0.3) is 0 Å². The van der Waals surface area contributed by atoms with Crippen LogP contribution in [-0.4, -0.2) is 37.6 Å². The van der Waals surface area contributed by atoms with E-state index in [1.807, 2.05) is 26.8 Å². The molecule has 0 unspecified atom stereocenters. The molecule has 0 heterocycles. The largest absolute Gasteiger partial charge is 0.463 e. The van der Waals surface area contributed by atoms with Gasteiger partial charge in [-0.15, -0.1) is 0 Å². The number of hydrogen-bond acceptors (Lipinski definition) is 4. The number of esters is 1. The summed E-state index contributed by atoms with van der Waals surface area (Å²) in [7, 11) is 1.63. The second kappa shape index (κ2) is 8.93. The second-order valence-corrected chi connectivity index (χ2v) is 6.92. The summed E-state index contributed by atoms with van der Waals surface area (Å²) in [6.07, 6.45) is 1.85. The minimum Gasteiger partial charge on any atom is -0.463 e. The van der Waals surface area contributed by atoms with Gasteiger partial charge in [-0.2, -0.15) is 0 Å². The fourth-order valence-electron chi connectivity index (χ4n) is 2.07. The molecule has 0 bridgehead atoms. The Kier molecular flexibility index (Phi) is 8.38. The zero-order valence-electron chi connectivity index (χ0n) is 15.2. The molecule has 0 fully saturated rings. The number of ether oxygens (including phenoxy) is 1. The number of rotatable bonds is 7. The lowest BCUT2D eigenvalue weighted by Gasteiger charge is -2.34. The van der Waals surface area contributed by atoms with E-state index in [0.29, 0.717) is 12.2 Å². The predicted octanol–water partition coefficient (Wildman–Crippen LogP) is 2.27. The molecule has 0 aromatic carbocycles. The maximum atomic E-state index is 12.2. The molecule has 0 saturated carbocycles. The summed E-state index contributed by atoms with van der Waals surface area (Å²) in [6, 6.07) is -0.443. The van der Waals surface area contributed by atoms with E-state index in [-0.39, 0.29) is 35.3 Å². The third-order valence-electron chi connectivity index (χ3n) is 3.48. The molecular weight excluding hydrogens is 280 g/mol. The Labute approximate surface area is 134 Å². The third kappa shape index (κ3) is 6.60. The normalized spacial score (nSPS) is 15.4. The smallest absolute Gasteiger partial charge is 0.333 e. The quantitative estimate of drug-likeness (QED) is 0.559. The van der Waals surface area contributed by atoms with Crippen molar-refractivity contribution in [1.29, 1.82) is 0 Å². The Morgan fingerprint density at radius 2 is 1.77 bits per heavy atom. The Morgan fingerprint density at radius 3 is 2.14 bits per heavy atom. The summed E-state index contributed by atoms with van der Waals surface area (Å²) in [5.74, 6) is -0.138. The number of carbonyl (C=O) groups excluding carboxylic acids is 2. The maximum absolute atomic E-state index is 12.2. The lowest BCUT2D eigenvalue weighted by atomic mass is 9.84. The van der Waals surface area contributed by atoms with Gasteiger partial charge in [-0.05, 0) is 25.2 Å². The van der Waals surface area contributed by atoms with Crippen LogP contribution in [0, 0.1) is 11.3 Å². The first-order chi connectivity index (χ1) is 10.0. The molecule has 0 aromatic heterocycles. The van der Waals surface area contributed by atoms with Crippen LogP contribution in [0.4, 0.5) is 0 Å². The molecule has 0 aliphatic heterocycles. The second-order valence-electron chi connectivity index (χ2n) is 6.92. The van der Waals surface area contributed by atoms with Gasteiger partial charge in [0.2, 0.25) is 5.91 Å². The van der Waals surface area contributed by atoms with Gasteiger partial charge in [0.1, 0.15) is 0 Å². The van der Waals surface area contributed by atoms with Crippen LogP contribution in [0.25, 0.3) is 0 Å². The van der Waals surface area contributed by atoms with Crippen molar-refractivity contribution >= 4 is 11.9 Å². The molecule has 0 rings (SSSR count). The Morgan fingerprint density at radius 1 is 1.23 bits per heavy atom. The van der Waals surface area contributed by atoms with Crippen molar-refractivity contribution in [2.45, 2.75) is 60.5 Å². The van der Waals surface area contributed by atoms with E-state index in [1.165, 1.54) is 0 Å². The summed E-state index contributed by atoms with van der Waals surface area (Å²) in [5, 5.41) is 6.07. The van der Waals surface area contributed by atoms with Crippen molar-refractivity contribution in [3.63, 3.8) is 0 Å². The highest BCUT2D eigenvalue weighted by Crippen LogP contribution is 2.21. The van der Waals surface area contributed by atoms with Crippen molar-refractivity contribution in [1.82, 2.24) is 10.6 Å². The topological polar surface area (TPSA) is 67.4 Å². The molecule has 0 aromatic rings. The van der Waals surface area contributed by atoms with Crippen LogP contribution < -0.4 is 10.6 Å². The van der Waals surface area contributed by atoms with E-state index in [1.54, 1.807) is 20.9 Å². The van der Waals surface area contributed by atoms with Crippen molar-refractivity contribution in [2.24, 2.45) is 11.3 Å². The molecule has 0 spiro atoms. The van der Waals surface area contributed by atoms with E-state index in [2.05, 4.69) is 24.5 Å². The van der Waals surface area contributed by atoms with Gasteiger partial charge in [0.15, 0.2) is 0 Å². The molecule has 1 amide bonds. The lowest BCUT2D eigenvalue weighted by molar-refractivity contribution is -0.138. The van der Waals surface area contributed by atoms with Crippen LogP contribution in [0.15, 0.2) is 11.6 Å². The van der Waals surface area contributed by atoms with Crippen LogP contribution in [0.5, 0.6) is 0 Å². The first kappa shape index (κ1) is 20.6. The first-order valence-electron chi connectivity index (χ1n) is 7.87. The number of likely N-dealkylation sites (N-methyl/N-ethyl adjacent to an activating group) is 1. The molecule has 128 valence electrons. The van der Waals surface area contributed by atoms with Gasteiger partial charge in [0, 0.05) is 18.7 Å². The number of hydrogen-bond donors (Lipinski definition) is 2. The minimum atomic E-state index is -0.351.